The molecule has 1 fully saturated rings. The maximum absolute atomic E-state index is 13.8. The molecule has 0 aromatic heterocycles. The Morgan fingerprint density at radius 2 is 1.83 bits per heavy atom. The van der Waals surface area contributed by atoms with E-state index < -0.39 is 5.82 Å². The van der Waals surface area contributed by atoms with Gasteiger partial charge in [-0.25, -0.2) is 4.39 Å². The van der Waals surface area contributed by atoms with Gasteiger partial charge in [-0.15, -0.1) is 0 Å². The predicted octanol–water partition coefficient (Wildman–Crippen LogP) is 3.45. The zero-order valence-corrected chi connectivity index (χ0v) is 14.1. The lowest BCUT2D eigenvalue weighted by Gasteiger charge is -2.36. The van der Waals surface area contributed by atoms with Crippen LogP contribution in [0.5, 0.6) is 5.75 Å². The molecular formula is C18H18ClFN2O2. The summed E-state index contributed by atoms with van der Waals surface area (Å²) in [6.45, 7) is 2.51. The van der Waals surface area contributed by atoms with Gasteiger partial charge in [-0.2, -0.15) is 0 Å². The number of halogens is 2. The first kappa shape index (κ1) is 16.6. The van der Waals surface area contributed by atoms with E-state index in [9.17, 15) is 9.18 Å². The minimum atomic E-state index is -0.530. The Morgan fingerprint density at radius 1 is 1.12 bits per heavy atom. The van der Waals surface area contributed by atoms with Crippen LogP contribution < -0.4 is 9.64 Å². The van der Waals surface area contributed by atoms with Crippen LogP contribution >= 0.6 is 11.6 Å². The van der Waals surface area contributed by atoms with Crippen molar-refractivity contribution in [3.8, 4) is 5.75 Å². The van der Waals surface area contributed by atoms with E-state index in [1.807, 2.05) is 24.3 Å². The summed E-state index contributed by atoms with van der Waals surface area (Å²) in [7, 11) is 1.40. The minimum Gasteiger partial charge on any atom is -0.494 e. The molecule has 0 atom stereocenters. The van der Waals surface area contributed by atoms with Gasteiger partial charge in [0, 0.05) is 31.7 Å². The number of hydrogen-bond donors (Lipinski definition) is 0. The van der Waals surface area contributed by atoms with E-state index in [0.717, 1.165) is 5.69 Å². The molecule has 0 N–H and O–H groups in total. The summed E-state index contributed by atoms with van der Waals surface area (Å²) in [6, 6.07) is 11.9. The zero-order valence-electron chi connectivity index (χ0n) is 13.3. The first-order chi connectivity index (χ1) is 11.6. The van der Waals surface area contributed by atoms with Gasteiger partial charge in [-0.05, 0) is 30.3 Å². The van der Waals surface area contributed by atoms with Gasteiger partial charge in [-0.3, -0.25) is 4.79 Å². The molecule has 1 aliphatic heterocycles. The van der Waals surface area contributed by atoms with Gasteiger partial charge in [0.05, 0.1) is 17.8 Å². The molecule has 2 aromatic carbocycles. The van der Waals surface area contributed by atoms with E-state index in [0.29, 0.717) is 36.8 Å². The van der Waals surface area contributed by atoms with Gasteiger partial charge in [0.1, 0.15) is 0 Å². The topological polar surface area (TPSA) is 32.8 Å². The first-order valence-corrected chi connectivity index (χ1v) is 8.10. The Labute approximate surface area is 145 Å². The van der Waals surface area contributed by atoms with Crippen LogP contribution in [0.25, 0.3) is 0 Å². The highest BCUT2D eigenvalue weighted by atomic mass is 35.5. The number of ether oxygens (including phenoxy) is 1. The van der Waals surface area contributed by atoms with E-state index >= 15 is 0 Å². The second-order valence-electron chi connectivity index (χ2n) is 5.58. The lowest BCUT2D eigenvalue weighted by Crippen LogP contribution is -2.48. The largest absolute Gasteiger partial charge is 0.494 e. The number of benzene rings is 2. The molecule has 0 radical (unpaired) electrons. The Balaban J connectivity index is 1.67. The quantitative estimate of drug-likeness (QED) is 0.851. The monoisotopic (exact) mass is 348 g/mol. The van der Waals surface area contributed by atoms with Crippen molar-refractivity contribution in [2.24, 2.45) is 0 Å². The van der Waals surface area contributed by atoms with E-state index in [4.69, 9.17) is 16.3 Å². The number of hydrogen-bond acceptors (Lipinski definition) is 3. The number of carbonyl (C=O) groups is 1. The van der Waals surface area contributed by atoms with Crippen LogP contribution in [-0.4, -0.2) is 44.1 Å². The highest BCUT2D eigenvalue weighted by Gasteiger charge is 2.23. The third-order valence-electron chi connectivity index (χ3n) is 4.16. The van der Waals surface area contributed by atoms with Gasteiger partial charge < -0.3 is 14.5 Å². The maximum atomic E-state index is 13.8. The van der Waals surface area contributed by atoms with E-state index in [2.05, 4.69) is 4.90 Å². The summed E-state index contributed by atoms with van der Waals surface area (Å²) in [4.78, 5) is 16.4. The van der Waals surface area contributed by atoms with Crippen LogP contribution in [0.4, 0.5) is 10.1 Å². The van der Waals surface area contributed by atoms with Crippen LogP contribution in [0.1, 0.15) is 10.4 Å². The van der Waals surface area contributed by atoms with Crippen molar-refractivity contribution in [1.29, 1.82) is 0 Å². The third-order valence-corrected chi connectivity index (χ3v) is 4.48. The van der Waals surface area contributed by atoms with E-state index in [1.54, 1.807) is 11.0 Å². The normalized spacial score (nSPS) is 14.6. The molecule has 3 rings (SSSR count). The number of carbonyl (C=O) groups excluding carboxylic acids is 1. The predicted molar refractivity (Wildman–Crippen MR) is 92.5 cm³/mol. The van der Waals surface area contributed by atoms with Crippen molar-refractivity contribution in [2.45, 2.75) is 0 Å². The highest BCUT2D eigenvalue weighted by Crippen LogP contribution is 2.26. The van der Waals surface area contributed by atoms with Crippen molar-refractivity contribution >= 4 is 23.2 Å². The highest BCUT2D eigenvalue weighted by molar-refractivity contribution is 6.33. The maximum Gasteiger partial charge on any atom is 0.254 e. The van der Waals surface area contributed by atoms with Crippen molar-refractivity contribution in [3.05, 3.63) is 58.9 Å². The van der Waals surface area contributed by atoms with Crippen molar-refractivity contribution in [2.75, 3.05) is 38.2 Å². The van der Waals surface area contributed by atoms with Crippen LogP contribution in [-0.2, 0) is 0 Å². The molecule has 6 heteroatoms. The molecule has 1 saturated heterocycles. The summed E-state index contributed by atoms with van der Waals surface area (Å²) < 4.78 is 18.7. The molecule has 24 heavy (non-hydrogen) atoms. The number of anilines is 1. The molecule has 0 spiro atoms. The van der Waals surface area contributed by atoms with Crippen LogP contribution in [0.2, 0.25) is 5.02 Å². The average Bonchev–Trinajstić information content (AvgIpc) is 2.61. The summed E-state index contributed by atoms with van der Waals surface area (Å²) in [6.07, 6.45) is 0. The lowest BCUT2D eigenvalue weighted by molar-refractivity contribution is 0.0746. The average molecular weight is 349 g/mol. The van der Waals surface area contributed by atoms with Crippen molar-refractivity contribution in [3.63, 3.8) is 0 Å². The van der Waals surface area contributed by atoms with Gasteiger partial charge in [0.25, 0.3) is 5.91 Å². The fourth-order valence-electron chi connectivity index (χ4n) is 2.84. The smallest absolute Gasteiger partial charge is 0.254 e. The van der Waals surface area contributed by atoms with Crippen LogP contribution in [0.3, 0.4) is 0 Å². The standard InChI is InChI=1S/C18H18ClFN2O2/c1-24-17-7-6-13(12-15(17)20)18(23)22-10-8-21(9-11-22)16-5-3-2-4-14(16)19/h2-7,12H,8-11H2,1H3. The molecule has 0 unspecified atom stereocenters. The van der Waals surface area contributed by atoms with Crippen molar-refractivity contribution < 1.29 is 13.9 Å². The summed E-state index contributed by atoms with van der Waals surface area (Å²) in [5, 5.41) is 0.703. The van der Waals surface area contributed by atoms with Crippen LogP contribution in [0, 0.1) is 5.82 Å². The van der Waals surface area contributed by atoms with Gasteiger partial charge in [-0.1, -0.05) is 23.7 Å². The number of piperazine rings is 1. The summed E-state index contributed by atoms with van der Waals surface area (Å²) in [5.41, 5.74) is 1.31. The molecule has 2 aromatic rings. The molecule has 1 heterocycles. The molecule has 126 valence electrons. The summed E-state index contributed by atoms with van der Waals surface area (Å²) in [5.74, 6) is -0.566. The van der Waals surface area contributed by atoms with Gasteiger partial charge in [0.15, 0.2) is 11.6 Å². The number of para-hydroxylation sites is 1. The molecule has 1 aliphatic rings. The third kappa shape index (κ3) is 3.31. The minimum absolute atomic E-state index is 0.134. The SMILES string of the molecule is COc1ccc(C(=O)N2CCN(c3ccccc3Cl)CC2)cc1F. The number of rotatable bonds is 3. The number of nitrogens with zero attached hydrogens (tertiary/aromatic N) is 2. The molecular weight excluding hydrogens is 331 g/mol. The van der Waals surface area contributed by atoms with E-state index in [-0.39, 0.29) is 11.7 Å². The first-order valence-electron chi connectivity index (χ1n) is 7.72. The Bertz CT molecular complexity index is 746. The number of methoxy groups -OCH3 is 1. The molecule has 0 saturated carbocycles. The molecule has 4 nitrogen and oxygen atoms in total. The summed E-state index contributed by atoms with van der Waals surface area (Å²) >= 11 is 6.22. The Morgan fingerprint density at radius 3 is 2.46 bits per heavy atom. The Hall–Kier alpha value is -2.27. The van der Waals surface area contributed by atoms with Gasteiger partial charge >= 0.3 is 0 Å². The molecule has 0 bridgehead atoms. The van der Waals surface area contributed by atoms with E-state index in [1.165, 1.54) is 19.2 Å². The second kappa shape index (κ2) is 7.09. The van der Waals surface area contributed by atoms with Crippen molar-refractivity contribution in [1.82, 2.24) is 4.90 Å². The fraction of sp³-hybridized carbons (Fsp3) is 0.278. The molecule has 1 amide bonds. The molecule has 0 aliphatic carbocycles. The lowest BCUT2D eigenvalue weighted by atomic mass is 10.1. The van der Waals surface area contributed by atoms with Crippen LogP contribution in [0.15, 0.2) is 42.5 Å². The van der Waals surface area contributed by atoms with Gasteiger partial charge in [0.2, 0.25) is 0 Å². The fourth-order valence-corrected chi connectivity index (χ4v) is 3.10. The zero-order chi connectivity index (χ0) is 17.1. The second-order valence-corrected chi connectivity index (χ2v) is 5.99. The Kier molecular flexibility index (Phi) is 4.90. The number of amides is 1.